The van der Waals surface area contributed by atoms with Crippen LogP contribution >= 0.6 is 0 Å². The molecule has 6 nitrogen and oxygen atoms in total. The van der Waals surface area contributed by atoms with E-state index in [9.17, 15) is 14.0 Å². The van der Waals surface area contributed by atoms with Gasteiger partial charge >= 0.3 is 0 Å². The number of halogens is 1. The SMILES string of the molecule is CC(=O)N1C[C@H]2CN(C(=O)C3(Cn4ccnc4)CC3)C[C@H]2[C@@H]1c1cccc(F)c1. The van der Waals surface area contributed by atoms with Crippen LogP contribution in [0.5, 0.6) is 0 Å². The lowest BCUT2D eigenvalue weighted by Crippen LogP contribution is -2.40. The molecular weight excluding hydrogens is 371 g/mol. The third kappa shape index (κ3) is 3.12. The molecular formula is C22H25FN4O2. The highest BCUT2D eigenvalue weighted by molar-refractivity contribution is 5.85. The standard InChI is InChI=1S/C22H25FN4O2/c1-15(28)27-11-17-10-26(12-19(17)20(27)16-3-2-4-18(23)9-16)21(29)22(5-6-22)13-25-8-7-24-14-25/h2-4,7-9,14,17,19-20H,5-6,10-13H2,1H3/t17-,19-,20+/m1/s1. The number of fused-ring (bicyclic) bond motifs is 1. The number of carbonyl (C=O) groups is 2. The lowest BCUT2D eigenvalue weighted by Gasteiger charge is -2.30. The summed E-state index contributed by atoms with van der Waals surface area (Å²) < 4.78 is 15.8. The quantitative estimate of drug-likeness (QED) is 0.798. The van der Waals surface area contributed by atoms with Gasteiger partial charge in [0.1, 0.15) is 5.82 Å². The van der Waals surface area contributed by atoms with Crippen molar-refractivity contribution >= 4 is 11.8 Å². The van der Waals surface area contributed by atoms with Gasteiger partial charge < -0.3 is 14.4 Å². The largest absolute Gasteiger partial charge is 0.341 e. The summed E-state index contributed by atoms with van der Waals surface area (Å²) in [4.78, 5) is 33.5. The van der Waals surface area contributed by atoms with E-state index in [1.54, 1.807) is 25.5 Å². The summed E-state index contributed by atoms with van der Waals surface area (Å²) in [6.45, 7) is 4.16. The van der Waals surface area contributed by atoms with Crippen LogP contribution in [-0.4, -0.2) is 50.8 Å². The maximum absolute atomic E-state index is 13.9. The van der Waals surface area contributed by atoms with E-state index in [0.717, 1.165) is 18.4 Å². The molecule has 5 rings (SSSR count). The number of likely N-dealkylation sites (tertiary alicyclic amines) is 2. The maximum atomic E-state index is 13.9. The van der Waals surface area contributed by atoms with Gasteiger partial charge in [-0.3, -0.25) is 9.59 Å². The topological polar surface area (TPSA) is 58.4 Å². The van der Waals surface area contributed by atoms with Crippen molar-refractivity contribution in [3.8, 4) is 0 Å². The molecule has 2 amide bonds. The molecule has 0 unspecified atom stereocenters. The van der Waals surface area contributed by atoms with Crippen LogP contribution in [0, 0.1) is 23.1 Å². The zero-order valence-corrected chi connectivity index (χ0v) is 16.5. The molecule has 3 heterocycles. The third-order valence-corrected chi connectivity index (χ3v) is 6.90. The summed E-state index contributed by atoms with van der Waals surface area (Å²) in [6, 6.07) is 6.35. The van der Waals surface area contributed by atoms with E-state index in [-0.39, 0.29) is 40.9 Å². The van der Waals surface area contributed by atoms with E-state index in [2.05, 4.69) is 4.98 Å². The molecule has 2 aromatic rings. The molecule has 0 spiro atoms. The number of hydrogen-bond acceptors (Lipinski definition) is 3. The number of amides is 2. The Morgan fingerprint density at radius 2 is 2.07 bits per heavy atom. The highest BCUT2D eigenvalue weighted by atomic mass is 19.1. The summed E-state index contributed by atoms with van der Waals surface area (Å²) in [5, 5.41) is 0. The fourth-order valence-electron chi connectivity index (χ4n) is 5.31. The number of aromatic nitrogens is 2. The molecule has 3 aliphatic rings. The first-order valence-corrected chi connectivity index (χ1v) is 10.2. The van der Waals surface area contributed by atoms with Crippen LogP contribution in [0.3, 0.4) is 0 Å². The van der Waals surface area contributed by atoms with Crippen molar-refractivity contribution in [1.29, 1.82) is 0 Å². The second-order valence-corrected chi connectivity index (χ2v) is 8.82. The Morgan fingerprint density at radius 1 is 1.24 bits per heavy atom. The zero-order valence-electron chi connectivity index (χ0n) is 16.5. The fraction of sp³-hybridized carbons (Fsp3) is 0.500. The highest BCUT2D eigenvalue weighted by Crippen LogP contribution is 2.51. The van der Waals surface area contributed by atoms with Crippen LogP contribution in [0.25, 0.3) is 0 Å². The van der Waals surface area contributed by atoms with Gasteiger partial charge in [0.15, 0.2) is 0 Å². The average Bonchev–Trinajstić information content (AvgIpc) is 3.03. The minimum absolute atomic E-state index is 0.00492. The van der Waals surface area contributed by atoms with E-state index in [1.165, 1.54) is 12.1 Å². The van der Waals surface area contributed by atoms with E-state index in [0.29, 0.717) is 26.2 Å². The Labute approximate surface area is 169 Å². The number of hydrogen-bond donors (Lipinski definition) is 0. The van der Waals surface area contributed by atoms with Crippen molar-refractivity contribution in [2.45, 2.75) is 32.4 Å². The first-order valence-electron chi connectivity index (χ1n) is 10.2. The Hall–Kier alpha value is -2.70. The smallest absolute Gasteiger partial charge is 0.230 e. The molecule has 0 radical (unpaired) electrons. The highest BCUT2D eigenvalue weighted by Gasteiger charge is 2.56. The lowest BCUT2D eigenvalue weighted by atomic mass is 9.89. The number of benzene rings is 1. The van der Waals surface area contributed by atoms with Crippen molar-refractivity contribution in [2.75, 3.05) is 19.6 Å². The molecule has 3 atom stereocenters. The van der Waals surface area contributed by atoms with Gasteiger partial charge in [0.2, 0.25) is 11.8 Å². The van der Waals surface area contributed by atoms with Crippen LogP contribution in [0.4, 0.5) is 4.39 Å². The molecule has 2 saturated heterocycles. The molecule has 29 heavy (non-hydrogen) atoms. The van der Waals surface area contributed by atoms with Crippen molar-refractivity contribution in [3.63, 3.8) is 0 Å². The van der Waals surface area contributed by atoms with Gasteiger partial charge in [-0.25, -0.2) is 9.37 Å². The van der Waals surface area contributed by atoms with Crippen molar-refractivity contribution in [2.24, 2.45) is 17.3 Å². The van der Waals surface area contributed by atoms with Crippen LogP contribution in [0.1, 0.15) is 31.4 Å². The third-order valence-electron chi connectivity index (χ3n) is 6.90. The molecule has 1 aromatic carbocycles. The molecule has 1 aliphatic carbocycles. The Morgan fingerprint density at radius 3 is 2.72 bits per heavy atom. The maximum Gasteiger partial charge on any atom is 0.230 e. The van der Waals surface area contributed by atoms with E-state index < -0.39 is 0 Å². The van der Waals surface area contributed by atoms with Gasteiger partial charge in [0.05, 0.1) is 17.8 Å². The van der Waals surface area contributed by atoms with Crippen LogP contribution < -0.4 is 0 Å². The summed E-state index contributed by atoms with van der Waals surface area (Å²) in [7, 11) is 0. The van der Waals surface area contributed by atoms with Crippen LogP contribution in [0.2, 0.25) is 0 Å². The van der Waals surface area contributed by atoms with E-state index in [1.807, 2.05) is 26.6 Å². The van der Waals surface area contributed by atoms with Crippen molar-refractivity contribution < 1.29 is 14.0 Å². The van der Waals surface area contributed by atoms with Gasteiger partial charge in [-0.2, -0.15) is 0 Å². The van der Waals surface area contributed by atoms with E-state index >= 15 is 0 Å². The number of rotatable bonds is 4. The van der Waals surface area contributed by atoms with Crippen molar-refractivity contribution in [1.82, 2.24) is 19.4 Å². The number of imidazole rings is 1. The molecule has 3 fully saturated rings. The number of carbonyl (C=O) groups excluding carboxylic acids is 2. The van der Waals surface area contributed by atoms with Gasteiger partial charge in [0.25, 0.3) is 0 Å². The normalized spacial score (nSPS) is 27.2. The average molecular weight is 396 g/mol. The molecule has 0 bridgehead atoms. The molecule has 152 valence electrons. The molecule has 0 N–H and O–H groups in total. The first kappa shape index (κ1) is 18.3. The predicted molar refractivity (Wildman–Crippen MR) is 104 cm³/mol. The number of nitrogens with zero attached hydrogens (tertiary/aromatic N) is 4. The molecule has 1 saturated carbocycles. The Bertz CT molecular complexity index is 940. The van der Waals surface area contributed by atoms with Gasteiger partial charge in [0, 0.05) is 57.3 Å². The zero-order chi connectivity index (χ0) is 20.2. The van der Waals surface area contributed by atoms with Gasteiger partial charge in [-0.1, -0.05) is 12.1 Å². The first-order chi connectivity index (χ1) is 14.0. The van der Waals surface area contributed by atoms with Crippen molar-refractivity contribution in [3.05, 3.63) is 54.4 Å². The minimum atomic E-state index is -0.312. The molecule has 1 aromatic heterocycles. The van der Waals surface area contributed by atoms with E-state index in [4.69, 9.17) is 0 Å². The van der Waals surface area contributed by atoms with Crippen LogP contribution in [-0.2, 0) is 16.1 Å². The van der Waals surface area contributed by atoms with Crippen LogP contribution in [0.15, 0.2) is 43.0 Å². The fourth-order valence-corrected chi connectivity index (χ4v) is 5.31. The summed E-state index contributed by atoms with van der Waals surface area (Å²) in [5.41, 5.74) is 0.509. The summed E-state index contributed by atoms with van der Waals surface area (Å²) in [5.74, 6) is 0.310. The van der Waals surface area contributed by atoms with Gasteiger partial charge in [-0.15, -0.1) is 0 Å². The Balaban J connectivity index is 1.36. The predicted octanol–water partition coefficient (Wildman–Crippen LogP) is 2.48. The lowest BCUT2D eigenvalue weighted by molar-refractivity contribution is -0.137. The monoisotopic (exact) mass is 396 g/mol. The second-order valence-electron chi connectivity index (χ2n) is 8.82. The molecule has 7 heteroatoms. The second kappa shape index (κ2) is 6.68. The van der Waals surface area contributed by atoms with Gasteiger partial charge in [-0.05, 0) is 30.5 Å². The molecule has 2 aliphatic heterocycles. The summed E-state index contributed by atoms with van der Waals surface area (Å²) >= 11 is 0. The minimum Gasteiger partial charge on any atom is -0.341 e. The summed E-state index contributed by atoms with van der Waals surface area (Å²) in [6.07, 6.45) is 7.21. The Kier molecular flexibility index (Phi) is 4.22.